The van der Waals surface area contributed by atoms with E-state index < -0.39 is 0 Å². The maximum atomic E-state index is 13.1. The molecule has 2 bridgehead atoms. The third kappa shape index (κ3) is 2.46. The van der Waals surface area contributed by atoms with Crippen molar-refractivity contribution in [1.82, 2.24) is 0 Å². The molecule has 2 aliphatic rings. The molecule has 3 rings (SSSR count). The number of anilines is 1. The lowest BCUT2D eigenvalue weighted by Crippen LogP contribution is -2.37. The van der Waals surface area contributed by atoms with E-state index in [2.05, 4.69) is 26.1 Å². The van der Waals surface area contributed by atoms with Gasteiger partial charge >= 0.3 is 0 Å². The molecule has 0 heterocycles. The number of benzene rings is 1. The number of fused-ring (bicyclic) bond motifs is 2. The molecule has 2 nitrogen and oxygen atoms in total. The molecule has 1 aromatic carbocycles. The first-order valence-electron chi connectivity index (χ1n) is 8.04. The molecular weight excluding hydrogens is 265 g/mol. The molecule has 0 spiro atoms. The lowest BCUT2D eigenvalue weighted by molar-refractivity contribution is -0.0425. The van der Waals surface area contributed by atoms with Gasteiger partial charge in [0.1, 0.15) is 5.82 Å². The molecule has 3 unspecified atom stereocenters. The third-order valence-corrected chi connectivity index (χ3v) is 6.29. The van der Waals surface area contributed by atoms with Gasteiger partial charge in [-0.15, -0.1) is 0 Å². The molecule has 0 aliphatic heterocycles. The number of nitrogens with one attached hydrogen (secondary N) is 1. The molecule has 3 heteroatoms. The Hall–Kier alpha value is -1.09. The van der Waals surface area contributed by atoms with Crippen molar-refractivity contribution >= 4 is 5.69 Å². The van der Waals surface area contributed by atoms with Crippen molar-refractivity contribution in [2.75, 3.05) is 18.5 Å². The van der Waals surface area contributed by atoms with Gasteiger partial charge in [-0.1, -0.05) is 26.8 Å². The van der Waals surface area contributed by atoms with Crippen LogP contribution in [0.1, 0.15) is 40.0 Å². The number of rotatable bonds is 5. The highest BCUT2D eigenvalue weighted by Gasteiger charge is 2.61. The molecule has 2 saturated carbocycles. The molecule has 0 amide bonds. The fourth-order valence-corrected chi connectivity index (χ4v) is 4.38. The van der Waals surface area contributed by atoms with Crippen LogP contribution >= 0.6 is 0 Å². The topological polar surface area (TPSA) is 21.3 Å². The van der Waals surface area contributed by atoms with Gasteiger partial charge in [-0.2, -0.15) is 0 Å². The molecule has 0 aromatic heterocycles. The van der Waals surface area contributed by atoms with Crippen molar-refractivity contribution in [3.63, 3.8) is 0 Å². The van der Waals surface area contributed by atoms with Gasteiger partial charge in [-0.05, 0) is 54.2 Å². The Kier molecular flexibility index (Phi) is 3.73. The summed E-state index contributed by atoms with van der Waals surface area (Å²) in [6, 6.07) is 6.57. The van der Waals surface area contributed by atoms with Crippen LogP contribution in [-0.4, -0.2) is 19.3 Å². The standard InChI is InChI=1S/C18H26FNO/c1-17(2)13-7-8-18(17,3)16(11-13)21-10-9-20-15-6-4-5-14(19)12-15/h4-6,12-13,16,20H,7-11H2,1-3H3. The van der Waals surface area contributed by atoms with E-state index in [0.717, 1.165) is 18.2 Å². The summed E-state index contributed by atoms with van der Waals surface area (Å²) in [5.41, 5.74) is 1.53. The number of halogens is 1. The Labute approximate surface area is 127 Å². The summed E-state index contributed by atoms with van der Waals surface area (Å²) in [5, 5.41) is 3.22. The van der Waals surface area contributed by atoms with Gasteiger partial charge in [0.2, 0.25) is 0 Å². The smallest absolute Gasteiger partial charge is 0.125 e. The second kappa shape index (κ2) is 5.28. The molecule has 0 saturated heterocycles. The van der Waals surface area contributed by atoms with E-state index in [-0.39, 0.29) is 5.82 Å². The zero-order valence-electron chi connectivity index (χ0n) is 13.3. The van der Waals surface area contributed by atoms with E-state index in [9.17, 15) is 4.39 Å². The predicted molar refractivity (Wildman–Crippen MR) is 83.9 cm³/mol. The second-order valence-electron chi connectivity index (χ2n) is 7.41. The monoisotopic (exact) mass is 291 g/mol. The van der Waals surface area contributed by atoms with E-state index in [1.54, 1.807) is 6.07 Å². The molecular formula is C18H26FNO. The van der Waals surface area contributed by atoms with Crippen LogP contribution in [0.25, 0.3) is 0 Å². The normalized spacial score (nSPS) is 33.3. The lowest BCUT2D eigenvalue weighted by atomic mass is 9.70. The minimum absolute atomic E-state index is 0.205. The SMILES string of the molecule is CC1(C)C2CCC1(C)C(OCCNc1cccc(F)c1)C2. The average molecular weight is 291 g/mol. The van der Waals surface area contributed by atoms with Crippen molar-refractivity contribution in [1.29, 1.82) is 0 Å². The van der Waals surface area contributed by atoms with E-state index in [1.807, 2.05) is 6.07 Å². The largest absolute Gasteiger partial charge is 0.383 e. The quantitative estimate of drug-likeness (QED) is 0.808. The summed E-state index contributed by atoms with van der Waals surface area (Å²) in [5.74, 6) is 0.604. The average Bonchev–Trinajstić information content (AvgIpc) is 2.76. The molecule has 3 atom stereocenters. The first-order chi connectivity index (χ1) is 9.93. The van der Waals surface area contributed by atoms with Gasteiger partial charge in [-0.3, -0.25) is 0 Å². The Morgan fingerprint density at radius 3 is 2.76 bits per heavy atom. The van der Waals surface area contributed by atoms with Crippen LogP contribution in [0, 0.1) is 22.6 Å². The lowest BCUT2D eigenvalue weighted by Gasteiger charge is -2.39. The summed E-state index contributed by atoms with van der Waals surface area (Å²) in [4.78, 5) is 0. The summed E-state index contributed by atoms with van der Waals surface area (Å²) < 4.78 is 19.3. The van der Waals surface area contributed by atoms with Gasteiger partial charge in [0.25, 0.3) is 0 Å². The highest BCUT2D eigenvalue weighted by molar-refractivity contribution is 5.42. The number of ether oxygens (including phenoxy) is 1. The second-order valence-corrected chi connectivity index (χ2v) is 7.41. The summed E-state index contributed by atoms with van der Waals surface area (Å²) in [6.45, 7) is 8.60. The maximum Gasteiger partial charge on any atom is 0.125 e. The zero-order valence-corrected chi connectivity index (χ0v) is 13.3. The maximum absolute atomic E-state index is 13.1. The van der Waals surface area contributed by atoms with Crippen LogP contribution in [0.5, 0.6) is 0 Å². The molecule has 116 valence electrons. The molecule has 21 heavy (non-hydrogen) atoms. The van der Waals surface area contributed by atoms with Crippen LogP contribution in [-0.2, 0) is 4.74 Å². The van der Waals surface area contributed by atoms with E-state index in [1.165, 1.54) is 31.4 Å². The molecule has 1 N–H and O–H groups in total. The van der Waals surface area contributed by atoms with Crippen LogP contribution in [0.15, 0.2) is 24.3 Å². The van der Waals surface area contributed by atoms with E-state index >= 15 is 0 Å². The van der Waals surface area contributed by atoms with Crippen molar-refractivity contribution in [3.05, 3.63) is 30.1 Å². The van der Waals surface area contributed by atoms with Crippen LogP contribution < -0.4 is 5.32 Å². The molecule has 2 fully saturated rings. The zero-order chi connectivity index (χ0) is 15.1. The third-order valence-electron chi connectivity index (χ3n) is 6.29. The number of hydrogen-bond donors (Lipinski definition) is 1. The molecule has 1 aromatic rings. The van der Waals surface area contributed by atoms with Crippen molar-refractivity contribution in [3.8, 4) is 0 Å². The van der Waals surface area contributed by atoms with Crippen LogP contribution in [0.3, 0.4) is 0 Å². The van der Waals surface area contributed by atoms with Crippen molar-refractivity contribution in [2.24, 2.45) is 16.7 Å². The van der Waals surface area contributed by atoms with Crippen molar-refractivity contribution < 1.29 is 9.13 Å². The first-order valence-corrected chi connectivity index (χ1v) is 8.04. The Morgan fingerprint density at radius 2 is 2.14 bits per heavy atom. The number of hydrogen-bond acceptors (Lipinski definition) is 2. The highest BCUT2D eigenvalue weighted by Crippen LogP contribution is 2.66. The van der Waals surface area contributed by atoms with Crippen LogP contribution in [0.4, 0.5) is 10.1 Å². The highest BCUT2D eigenvalue weighted by atomic mass is 19.1. The summed E-state index contributed by atoms with van der Waals surface area (Å²) >= 11 is 0. The van der Waals surface area contributed by atoms with Gasteiger partial charge in [0.15, 0.2) is 0 Å². The summed E-state index contributed by atoms with van der Waals surface area (Å²) in [6.07, 6.45) is 4.21. The Morgan fingerprint density at radius 1 is 1.33 bits per heavy atom. The Balaban J connectivity index is 1.49. The minimum atomic E-state index is -0.205. The first kappa shape index (κ1) is 14.8. The van der Waals surface area contributed by atoms with E-state index in [0.29, 0.717) is 23.5 Å². The fraction of sp³-hybridized carbons (Fsp3) is 0.667. The van der Waals surface area contributed by atoms with Gasteiger partial charge in [0, 0.05) is 12.2 Å². The Bertz CT molecular complexity index is 516. The molecule has 0 radical (unpaired) electrons. The fourth-order valence-electron chi connectivity index (χ4n) is 4.38. The molecule has 2 aliphatic carbocycles. The van der Waals surface area contributed by atoms with E-state index in [4.69, 9.17) is 4.74 Å². The minimum Gasteiger partial charge on any atom is -0.383 e. The summed E-state index contributed by atoms with van der Waals surface area (Å²) in [7, 11) is 0. The van der Waals surface area contributed by atoms with Gasteiger partial charge in [0.05, 0.1) is 12.7 Å². The van der Waals surface area contributed by atoms with Gasteiger partial charge in [-0.25, -0.2) is 4.39 Å². The predicted octanol–water partition coefficient (Wildman–Crippen LogP) is 4.47. The van der Waals surface area contributed by atoms with Crippen LogP contribution in [0.2, 0.25) is 0 Å². The van der Waals surface area contributed by atoms with Crippen molar-refractivity contribution in [2.45, 2.75) is 46.1 Å². The van der Waals surface area contributed by atoms with Gasteiger partial charge < -0.3 is 10.1 Å².